The fourth-order valence-electron chi connectivity index (χ4n) is 3.84. The van der Waals surface area contributed by atoms with Crippen molar-refractivity contribution < 1.29 is 14.6 Å². The van der Waals surface area contributed by atoms with Crippen molar-refractivity contribution in [2.45, 2.75) is 43.9 Å². The first kappa shape index (κ1) is 17.1. The zero-order valence-corrected chi connectivity index (χ0v) is 13.0. The van der Waals surface area contributed by atoms with E-state index in [1.54, 1.807) is 14.2 Å². The van der Waals surface area contributed by atoms with Gasteiger partial charge in [0.1, 0.15) is 6.29 Å². The van der Waals surface area contributed by atoms with Gasteiger partial charge in [0.15, 0.2) is 0 Å². The van der Waals surface area contributed by atoms with Crippen LogP contribution in [0.4, 0.5) is 0 Å². The number of aliphatic hydroxyl groups is 1. The monoisotopic (exact) mass is 302 g/mol. The molecule has 2 fully saturated rings. The van der Waals surface area contributed by atoms with Crippen LogP contribution < -0.4 is 22.1 Å². The molecule has 1 heterocycles. The predicted molar refractivity (Wildman–Crippen MR) is 80.1 cm³/mol. The van der Waals surface area contributed by atoms with E-state index in [0.29, 0.717) is 11.8 Å². The van der Waals surface area contributed by atoms with Gasteiger partial charge >= 0.3 is 0 Å². The Labute approximate surface area is 126 Å². The summed E-state index contributed by atoms with van der Waals surface area (Å²) in [5, 5.41) is 15.9. The van der Waals surface area contributed by atoms with E-state index >= 15 is 0 Å². The second-order valence-corrected chi connectivity index (χ2v) is 6.33. The van der Waals surface area contributed by atoms with E-state index < -0.39 is 0 Å². The molecule has 7 heteroatoms. The Balaban J connectivity index is 1.94. The van der Waals surface area contributed by atoms with Crippen molar-refractivity contribution >= 4 is 0 Å². The third-order valence-electron chi connectivity index (χ3n) is 4.96. The lowest BCUT2D eigenvalue weighted by molar-refractivity contribution is -0.112. The molecule has 0 bridgehead atoms. The minimum absolute atomic E-state index is 0.0269. The number of hydrogen-bond donors (Lipinski definition) is 5. The molecule has 7 nitrogen and oxygen atoms in total. The van der Waals surface area contributed by atoms with E-state index in [0.717, 1.165) is 25.8 Å². The maximum absolute atomic E-state index is 9.61. The van der Waals surface area contributed by atoms with Crippen LogP contribution in [-0.2, 0) is 9.47 Å². The van der Waals surface area contributed by atoms with Crippen molar-refractivity contribution in [1.82, 2.24) is 10.6 Å². The van der Waals surface area contributed by atoms with E-state index in [4.69, 9.17) is 20.9 Å². The summed E-state index contributed by atoms with van der Waals surface area (Å²) in [7, 11) is 3.40. The molecule has 124 valence electrons. The zero-order valence-electron chi connectivity index (χ0n) is 13.0. The Kier molecular flexibility index (Phi) is 6.36. The molecule has 21 heavy (non-hydrogen) atoms. The Morgan fingerprint density at radius 1 is 1.14 bits per heavy atom. The number of nitrogens with two attached hydrogens (primary N) is 2. The SMILES string of the molecule is COC1CC(CC2CNC(N)NC2N)CC(CO)C1OC. The van der Waals surface area contributed by atoms with Crippen molar-refractivity contribution in [2.24, 2.45) is 29.2 Å². The lowest BCUT2D eigenvalue weighted by atomic mass is 9.74. The highest BCUT2D eigenvalue weighted by atomic mass is 16.5. The number of aliphatic hydroxyl groups excluding tert-OH is 1. The van der Waals surface area contributed by atoms with E-state index in [1.165, 1.54) is 0 Å². The zero-order chi connectivity index (χ0) is 15.4. The summed E-state index contributed by atoms with van der Waals surface area (Å²) < 4.78 is 11.1. The highest BCUT2D eigenvalue weighted by Crippen LogP contribution is 2.36. The first-order valence-corrected chi connectivity index (χ1v) is 7.76. The second kappa shape index (κ2) is 7.82. The second-order valence-electron chi connectivity index (χ2n) is 6.33. The molecule has 0 radical (unpaired) electrons. The number of nitrogens with one attached hydrogen (secondary N) is 2. The highest BCUT2D eigenvalue weighted by Gasteiger charge is 2.39. The predicted octanol–water partition coefficient (Wildman–Crippen LogP) is -1.24. The molecule has 2 rings (SSSR count). The van der Waals surface area contributed by atoms with Crippen molar-refractivity contribution in [3.05, 3.63) is 0 Å². The van der Waals surface area contributed by atoms with Crippen LogP contribution >= 0.6 is 0 Å². The van der Waals surface area contributed by atoms with Gasteiger partial charge in [0.25, 0.3) is 0 Å². The summed E-state index contributed by atoms with van der Waals surface area (Å²) in [5.74, 6) is 0.944. The Hall–Kier alpha value is -0.280. The van der Waals surface area contributed by atoms with Crippen LogP contribution in [0, 0.1) is 17.8 Å². The molecule has 1 saturated carbocycles. The van der Waals surface area contributed by atoms with E-state index in [-0.39, 0.29) is 37.2 Å². The molecule has 7 atom stereocenters. The van der Waals surface area contributed by atoms with Crippen LogP contribution in [0.15, 0.2) is 0 Å². The molecule has 1 saturated heterocycles. The maximum atomic E-state index is 9.61. The third-order valence-corrected chi connectivity index (χ3v) is 4.96. The summed E-state index contributed by atoms with van der Waals surface area (Å²) in [6, 6.07) is 0. The molecule has 0 aromatic carbocycles. The minimum atomic E-state index is -0.225. The normalized spacial score (nSPS) is 44.7. The Morgan fingerprint density at radius 3 is 2.48 bits per heavy atom. The standard InChI is InChI=1S/C14H30N4O3/c1-20-11-5-8(4-10(7-19)12(11)21-2)3-9-6-17-14(16)18-13(9)15/h8-14,17-19H,3-7,15-16H2,1-2H3. The molecular formula is C14H30N4O3. The third kappa shape index (κ3) is 4.13. The van der Waals surface area contributed by atoms with Gasteiger partial charge in [0.05, 0.1) is 18.4 Å². The largest absolute Gasteiger partial charge is 0.396 e. The van der Waals surface area contributed by atoms with Crippen LogP contribution in [0.3, 0.4) is 0 Å². The first-order valence-electron chi connectivity index (χ1n) is 7.76. The van der Waals surface area contributed by atoms with E-state index in [1.807, 2.05) is 0 Å². The molecule has 7 N–H and O–H groups in total. The fourth-order valence-corrected chi connectivity index (χ4v) is 3.84. The van der Waals surface area contributed by atoms with Crippen molar-refractivity contribution in [3.63, 3.8) is 0 Å². The van der Waals surface area contributed by atoms with Gasteiger partial charge in [-0.05, 0) is 25.2 Å². The molecular weight excluding hydrogens is 272 g/mol. The number of ether oxygens (including phenoxy) is 2. The lowest BCUT2D eigenvalue weighted by Gasteiger charge is -2.42. The maximum Gasteiger partial charge on any atom is 0.110 e. The average molecular weight is 302 g/mol. The van der Waals surface area contributed by atoms with Crippen LogP contribution in [0.5, 0.6) is 0 Å². The lowest BCUT2D eigenvalue weighted by Crippen LogP contribution is -2.65. The molecule has 2 aliphatic rings. The van der Waals surface area contributed by atoms with Gasteiger partial charge in [-0.2, -0.15) is 0 Å². The molecule has 0 amide bonds. The Morgan fingerprint density at radius 2 is 1.90 bits per heavy atom. The smallest absolute Gasteiger partial charge is 0.110 e. The fraction of sp³-hybridized carbons (Fsp3) is 1.00. The summed E-state index contributed by atoms with van der Waals surface area (Å²) in [5.41, 5.74) is 11.9. The summed E-state index contributed by atoms with van der Waals surface area (Å²) in [4.78, 5) is 0. The van der Waals surface area contributed by atoms with Gasteiger partial charge in [-0.15, -0.1) is 0 Å². The average Bonchev–Trinajstić information content (AvgIpc) is 2.49. The minimum Gasteiger partial charge on any atom is -0.396 e. The molecule has 0 spiro atoms. The molecule has 1 aliphatic carbocycles. The summed E-state index contributed by atoms with van der Waals surface area (Å²) in [6.45, 7) is 0.952. The molecule has 0 aromatic heterocycles. The topological polar surface area (TPSA) is 115 Å². The van der Waals surface area contributed by atoms with Gasteiger partial charge in [-0.3, -0.25) is 10.6 Å². The first-order chi connectivity index (χ1) is 10.1. The van der Waals surface area contributed by atoms with E-state index in [2.05, 4.69) is 10.6 Å². The van der Waals surface area contributed by atoms with Crippen LogP contribution in [0.1, 0.15) is 19.3 Å². The summed E-state index contributed by atoms with van der Waals surface area (Å²) >= 11 is 0. The van der Waals surface area contributed by atoms with Crippen LogP contribution in [0.2, 0.25) is 0 Å². The number of rotatable bonds is 5. The van der Waals surface area contributed by atoms with Gasteiger partial charge in [-0.1, -0.05) is 0 Å². The summed E-state index contributed by atoms with van der Waals surface area (Å²) in [6.07, 6.45) is 2.59. The Bertz CT molecular complexity index is 307. The van der Waals surface area contributed by atoms with Gasteiger partial charge < -0.3 is 26.0 Å². The van der Waals surface area contributed by atoms with Crippen molar-refractivity contribution in [1.29, 1.82) is 0 Å². The highest BCUT2D eigenvalue weighted by molar-refractivity contribution is 4.91. The molecule has 7 unspecified atom stereocenters. The van der Waals surface area contributed by atoms with Crippen LogP contribution in [-0.4, -0.2) is 57.1 Å². The van der Waals surface area contributed by atoms with Crippen molar-refractivity contribution in [3.8, 4) is 0 Å². The van der Waals surface area contributed by atoms with Gasteiger partial charge in [0.2, 0.25) is 0 Å². The van der Waals surface area contributed by atoms with Crippen molar-refractivity contribution in [2.75, 3.05) is 27.4 Å². The molecule has 1 aliphatic heterocycles. The molecule has 0 aromatic rings. The number of hydrogen-bond acceptors (Lipinski definition) is 7. The van der Waals surface area contributed by atoms with Gasteiger partial charge in [0, 0.05) is 39.2 Å². The van der Waals surface area contributed by atoms with E-state index in [9.17, 15) is 5.11 Å². The number of methoxy groups -OCH3 is 2. The quantitative estimate of drug-likeness (QED) is 0.431. The van der Waals surface area contributed by atoms with Crippen LogP contribution in [0.25, 0.3) is 0 Å². The van der Waals surface area contributed by atoms with Gasteiger partial charge in [-0.25, -0.2) is 0 Å².